The molecule has 29 heavy (non-hydrogen) atoms. The lowest BCUT2D eigenvalue weighted by atomic mass is 9.95. The van der Waals surface area contributed by atoms with Crippen molar-refractivity contribution in [2.24, 2.45) is 4.99 Å². The molecule has 1 aliphatic heterocycles. The highest BCUT2D eigenvalue weighted by Gasteiger charge is 2.38. The monoisotopic (exact) mass is 409 g/mol. The standard InChI is InChI=1S/C23H27N3O2S/c1-2-26-22(28)20(15-21(27)24-17-11-4-3-5-12-17)29-23(26)25-19-14-8-10-16-9-6-7-13-18(16)19/h6-10,13-14,17,20H,2-5,11-12,15H2,1H3,(H,24,27). The van der Waals surface area contributed by atoms with E-state index in [4.69, 9.17) is 4.99 Å². The van der Waals surface area contributed by atoms with Crippen LogP contribution >= 0.6 is 11.8 Å². The summed E-state index contributed by atoms with van der Waals surface area (Å²) in [6.45, 7) is 2.50. The smallest absolute Gasteiger partial charge is 0.242 e. The Labute approximate surface area is 175 Å². The van der Waals surface area contributed by atoms with Crippen molar-refractivity contribution in [1.82, 2.24) is 10.2 Å². The third-order valence-corrected chi connectivity index (χ3v) is 6.84. The van der Waals surface area contributed by atoms with Crippen LogP contribution in [0.5, 0.6) is 0 Å². The molecule has 2 aromatic rings. The summed E-state index contributed by atoms with van der Waals surface area (Å²) in [4.78, 5) is 31.9. The van der Waals surface area contributed by atoms with Crippen LogP contribution in [0.3, 0.4) is 0 Å². The highest BCUT2D eigenvalue weighted by atomic mass is 32.2. The lowest BCUT2D eigenvalue weighted by Gasteiger charge is -2.23. The Kier molecular flexibility index (Phi) is 6.19. The Morgan fingerprint density at radius 1 is 1.14 bits per heavy atom. The maximum atomic E-state index is 12.9. The summed E-state index contributed by atoms with van der Waals surface area (Å²) in [5.41, 5.74) is 0.851. The summed E-state index contributed by atoms with van der Waals surface area (Å²) < 4.78 is 0. The Balaban J connectivity index is 1.50. The number of hydrogen-bond donors (Lipinski definition) is 1. The Bertz CT molecular complexity index is 931. The fraction of sp³-hybridized carbons (Fsp3) is 0.435. The number of aliphatic imine (C=N–C) groups is 1. The molecule has 1 aliphatic carbocycles. The predicted molar refractivity (Wildman–Crippen MR) is 119 cm³/mol. The minimum atomic E-state index is -0.396. The van der Waals surface area contributed by atoms with E-state index in [1.54, 1.807) is 4.90 Å². The molecule has 2 fully saturated rings. The molecule has 1 unspecified atom stereocenters. The first-order valence-electron chi connectivity index (χ1n) is 10.5. The van der Waals surface area contributed by atoms with E-state index in [1.165, 1.54) is 31.0 Å². The first-order valence-corrected chi connectivity index (χ1v) is 11.4. The number of nitrogens with zero attached hydrogens (tertiary/aromatic N) is 2. The number of rotatable bonds is 5. The minimum Gasteiger partial charge on any atom is -0.353 e. The largest absolute Gasteiger partial charge is 0.353 e. The van der Waals surface area contributed by atoms with Crippen LogP contribution in [0.4, 0.5) is 5.69 Å². The lowest BCUT2D eigenvalue weighted by Crippen LogP contribution is -2.39. The summed E-state index contributed by atoms with van der Waals surface area (Å²) in [7, 11) is 0. The van der Waals surface area contributed by atoms with Gasteiger partial charge in [-0.25, -0.2) is 4.99 Å². The van der Waals surface area contributed by atoms with Crippen LogP contribution in [0.15, 0.2) is 47.5 Å². The molecule has 5 nitrogen and oxygen atoms in total. The summed E-state index contributed by atoms with van der Waals surface area (Å²) in [5, 5.41) is 5.59. The van der Waals surface area contributed by atoms with Crippen molar-refractivity contribution in [3.05, 3.63) is 42.5 Å². The molecule has 0 radical (unpaired) electrons. The second-order valence-corrected chi connectivity index (χ2v) is 8.86. The summed E-state index contributed by atoms with van der Waals surface area (Å²) in [6.07, 6.45) is 5.91. The Hall–Kier alpha value is -2.34. The molecule has 2 amide bonds. The summed E-state index contributed by atoms with van der Waals surface area (Å²) in [5.74, 6) is -0.0412. The van der Waals surface area contributed by atoms with Crippen LogP contribution in [0.2, 0.25) is 0 Å². The fourth-order valence-corrected chi connectivity index (χ4v) is 5.34. The zero-order valence-electron chi connectivity index (χ0n) is 16.8. The number of fused-ring (bicyclic) bond motifs is 1. The molecule has 1 atom stereocenters. The van der Waals surface area contributed by atoms with Crippen molar-refractivity contribution in [2.75, 3.05) is 6.54 Å². The molecule has 0 spiro atoms. The first-order chi connectivity index (χ1) is 14.2. The molecule has 2 aromatic carbocycles. The van der Waals surface area contributed by atoms with Crippen LogP contribution in [0, 0.1) is 0 Å². The van der Waals surface area contributed by atoms with E-state index >= 15 is 0 Å². The van der Waals surface area contributed by atoms with E-state index in [0.29, 0.717) is 11.7 Å². The van der Waals surface area contributed by atoms with Crippen LogP contribution in [0.1, 0.15) is 45.4 Å². The molecule has 1 heterocycles. The second kappa shape index (κ2) is 8.99. The van der Waals surface area contributed by atoms with Crippen molar-refractivity contribution in [1.29, 1.82) is 0 Å². The zero-order valence-corrected chi connectivity index (χ0v) is 17.6. The molecular weight excluding hydrogens is 382 g/mol. The number of carbonyl (C=O) groups is 2. The first kappa shape index (κ1) is 20.0. The molecule has 4 rings (SSSR count). The molecule has 1 saturated carbocycles. The van der Waals surface area contributed by atoms with Gasteiger partial charge in [-0.2, -0.15) is 0 Å². The second-order valence-electron chi connectivity index (χ2n) is 7.69. The van der Waals surface area contributed by atoms with Gasteiger partial charge in [0.25, 0.3) is 0 Å². The molecule has 2 aliphatic rings. The number of thioether (sulfide) groups is 1. The number of carbonyl (C=O) groups excluding carboxylic acids is 2. The number of benzene rings is 2. The van der Waals surface area contributed by atoms with Crippen LogP contribution in [0.25, 0.3) is 10.8 Å². The van der Waals surface area contributed by atoms with Gasteiger partial charge in [-0.1, -0.05) is 67.4 Å². The summed E-state index contributed by atoms with van der Waals surface area (Å²) in [6, 6.07) is 14.4. The SMILES string of the molecule is CCN1C(=O)C(CC(=O)NC2CCCCC2)SC1=Nc1cccc2ccccc12. The van der Waals surface area contributed by atoms with Crippen LogP contribution in [-0.2, 0) is 9.59 Å². The van der Waals surface area contributed by atoms with Crippen molar-refractivity contribution in [2.45, 2.75) is 56.7 Å². The van der Waals surface area contributed by atoms with Crippen LogP contribution in [-0.4, -0.2) is 39.7 Å². The zero-order chi connectivity index (χ0) is 20.2. The maximum absolute atomic E-state index is 12.9. The molecule has 6 heteroatoms. The molecule has 0 bridgehead atoms. The fourth-order valence-electron chi connectivity index (χ4n) is 4.13. The van der Waals surface area contributed by atoms with Gasteiger partial charge < -0.3 is 5.32 Å². The van der Waals surface area contributed by atoms with Crippen molar-refractivity contribution < 1.29 is 9.59 Å². The third-order valence-electron chi connectivity index (χ3n) is 5.66. The Morgan fingerprint density at radius 3 is 2.69 bits per heavy atom. The number of hydrogen-bond acceptors (Lipinski definition) is 4. The quantitative estimate of drug-likeness (QED) is 0.783. The van der Waals surface area contributed by atoms with Gasteiger partial charge in [0.15, 0.2) is 5.17 Å². The van der Waals surface area contributed by atoms with E-state index in [0.717, 1.165) is 29.3 Å². The predicted octanol–water partition coefficient (Wildman–Crippen LogP) is 4.63. The van der Waals surface area contributed by atoms with Gasteiger partial charge in [-0.05, 0) is 31.2 Å². The van der Waals surface area contributed by atoms with Gasteiger partial charge in [-0.15, -0.1) is 0 Å². The molecule has 0 aromatic heterocycles. The van der Waals surface area contributed by atoms with Crippen molar-refractivity contribution >= 4 is 45.2 Å². The normalized spacial score (nSPS) is 21.8. The number of nitrogens with one attached hydrogen (secondary N) is 1. The van der Waals surface area contributed by atoms with E-state index in [9.17, 15) is 9.59 Å². The van der Waals surface area contributed by atoms with Gasteiger partial charge in [0.1, 0.15) is 5.25 Å². The highest BCUT2D eigenvalue weighted by molar-refractivity contribution is 8.15. The van der Waals surface area contributed by atoms with Gasteiger partial charge in [0.2, 0.25) is 11.8 Å². The van der Waals surface area contributed by atoms with Gasteiger partial charge >= 0.3 is 0 Å². The molecule has 1 saturated heterocycles. The Morgan fingerprint density at radius 2 is 1.90 bits per heavy atom. The average Bonchev–Trinajstić information content (AvgIpc) is 3.03. The minimum absolute atomic E-state index is 0.0183. The van der Waals surface area contributed by atoms with Gasteiger partial charge in [-0.3, -0.25) is 14.5 Å². The van der Waals surface area contributed by atoms with E-state index < -0.39 is 5.25 Å². The van der Waals surface area contributed by atoms with E-state index in [-0.39, 0.29) is 24.3 Å². The maximum Gasteiger partial charge on any atom is 0.242 e. The number of amides is 2. The van der Waals surface area contributed by atoms with Crippen LogP contribution < -0.4 is 5.32 Å². The van der Waals surface area contributed by atoms with Gasteiger partial charge in [0.05, 0.1) is 5.69 Å². The average molecular weight is 410 g/mol. The van der Waals surface area contributed by atoms with Crippen molar-refractivity contribution in [3.8, 4) is 0 Å². The molecular formula is C23H27N3O2S. The van der Waals surface area contributed by atoms with E-state index in [2.05, 4.69) is 17.4 Å². The molecule has 1 N–H and O–H groups in total. The highest BCUT2D eigenvalue weighted by Crippen LogP contribution is 2.34. The summed E-state index contributed by atoms with van der Waals surface area (Å²) >= 11 is 1.41. The topological polar surface area (TPSA) is 61.8 Å². The lowest BCUT2D eigenvalue weighted by molar-refractivity contribution is -0.129. The van der Waals surface area contributed by atoms with Gasteiger partial charge in [0, 0.05) is 24.4 Å². The third kappa shape index (κ3) is 4.47. The molecule has 152 valence electrons. The van der Waals surface area contributed by atoms with E-state index in [1.807, 2.05) is 37.3 Å². The number of amidine groups is 1. The van der Waals surface area contributed by atoms with Crippen molar-refractivity contribution in [3.63, 3.8) is 0 Å².